The fourth-order valence-electron chi connectivity index (χ4n) is 1.25. The number of hydrogen-bond acceptors (Lipinski definition) is 5. The number of urea groups is 1. The van der Waals surface area contributed by atoms with Crippen LogP contribution in [0.25, 0.3) is 10.2 Å². The van der Waals surface area contributed by atoms with Gasteiger partial charge in [-0.25, -0.2) is 9.78 Å². The molecule has 0 atom stereocenters. The third-order valence-electron chi connectivity index (χ3n) is 1.96. The average molecular weight is 324 g/mol. The number of fused-ring (bicyclic) bond motifs is 1. The number of carboxylic acid groups (broad SMARTS) is 1. The van der Waals surface area contributed by atoms with Crippen LogP contribution in [0.15, 0.2) is 18.2 Å². The first-order valence-corrected chi connectivity index (χ1v) is 6.05. The van der Waals surface area contributed by atoms with E-state index >= 15 is 0 Å². The van der Waals surface area contributed by atoms with Crippen LogP contribution >= 0.6 is 22.9 Å². The molecule has 0 saturated heterocycles. The van der Waals surface area contributed by atoms with Crippen molar-refractivity contribution in [3.8, 4) is 0 Å². The first-order chi connectivity index (χ1) is 8.54. The van der Waals surface area contributed by atoms with Crippen LogP contribution in [0.1, 0.15) is 0 Å². The summed E-state index contributed by atoms with van der Waals surface area (Å²) in [4.78, 5) is 25.6. The van der Waals surface area contributed by atoms with Crippen molar-refractivity contribution >= 4 is 50.3 Å². The zero-order chi connectivity index (χ0) is 13.1. The summed E-state index contributed by atoms with van der Waals surface area (Å²) in [6.45, 7) is -0.553. The number of hydrogen-bond donors (Lipinski definition) is 2. The largest absolute Gasteiger partial charge is 1.00 e. The molecule has 1 aromatic heterocycles. The molecule has 2 amide bonds. The first kappa shape index (κ1) is 16.8. The van der Waals surface area contributed by atoms with Crippen LogP contribution in [0.3, 0.4) is 0 Å². The van der Waals surface area contributed by atoms with Gasteiger partial charge in [0.05, 0.1) is 22.7 Å². The van der Waals surface area contributed by atoms with Crippen LogP contribution in [0.5, 0.6) is 0 Å². The number of anilines is 1. The molecule has 2 aromatic rings. The van der Waals surface area contributed by atoms with Crippen molar-refractivity contribution in [2.45, 2.75) is 0 Å². The number of amides is 2. The molecular formula is C10H7ClKN3O3S. The van der Waals surface area contributed by atoms with Crippen molar-refractivity contribution in [3.63, 3.8) is 0 Å². The minimum Gasteiger partial charge on any atom is -0.548 e. The van der Waals surface area contributed by atoms with E-state index in [0.29, 0.717) is 15.7 Å². The average Bonchev–Trinajstić information content (AvgIpc) is 2.67. The number of benzene rings is 1. The van der Waals surface area contributed by atoms with Gasteiger partial charge in [-0.05, 0) is 18.2 Å². The maximum atomic E-state index is 11.3. The van der Waals surface area contributed by atoms with Crippen LogP contribution < -0.4 is 67.1 Å². The number of carbonyl (C=O) groups is 2. The summed E-state index contributed by atoms with van der Waals surface area (Å²) >= 11 is 7.07. The summed E-state index contributed by atoms with van der Waals surface area (Å²) in [5.74, 6) is -1.36. The normalized spacial score (nSPS) is 9.74. The van der Waals surface area contributed by atoms with E-state index in [1.807, 2.05) is 0 Å². The van der Waals surface area contributed by atoms with E-state index in [9.17, 15) is 14.7 Å². The molecule has 0 spiro atoms. The second-order valence-corrected chi connectivity index (χ2v) is 4.78. The van der Waals surface area contributed by atoms with Gasteiger partial charge in [0.1, 0.15) is 0 Å². The Balaban J connectivity index is 0.00000180. The molecule has 0 fully saturated rings. The Labute approximate surface area is 160 Å². The number of rotatable bonds is 3. The molecule has 1 aromatic carbocycles. The number of halogens is 1. The molecule has 0 aliphatic carbocycles. The maximum absolute atomic E-state index is 11.3. The van der Waals surface area contributed by atoms with E-state index in [0.717, 1.165) is 4.70 Å². The molecule has 9 heteroatoms. The van der Waals surface area contributed by atoms with E-state index in [4.69, 9.17) is 11.6 Å². The molecule has 0 aliphatic rings. The fourth-order valence-corrected chi connectivity index (χ4v) is 2.38. The van der Waals surface area contributed by atoms with Gasteiger partial charge in [0, 0.05) is 5.02 Å². The Morgan fingerprint density at radius 2 is 2.16 bits per heavy atom. The van der Waals surface area contributed by atoms with Gasteiger partial charge in [-0.15, -0.1) is 0 Å². The van der Waals surface area contributed by atoms with E-state index in [1.165, 1.54) is 11.3 Å². The van der Waals surface area contributed by atoms with Crippen LogP contribution in [0.2, 0.25) is 5.02 Å². The summed E-state index contributed by atoms with van der Waals surface area (Å²) in [7, 11) is 0. The molecule has 2 rings (SSSR count). The van der Waals surface area contributed by atoms with Gasteiger partial charge < -0.3 is 15.2 Å². The third-order valence-corrected chi connectivity index (χ3v) is 3.13. The third kappa shape index (κ3) is 4.99. The minimum atomic E-state index is -1.36. The van der Waals surface area contributed by atoms with Gasteiger partial charge in [0.25, 0.3) is 0 Å². The van der Waals surface area contributed by atoms with Gasteiger partial charge >= 0.3 is 57.4 Å². The molecule has 2 N–H and O–H groups in total. The number of aliphatic carboxylic acids is 1. The van der Waals surface area contributed by atoms with E-state index < -0.39 is 18.5 Å². The molecule has 0 radical (unpaired) electrons. The van der Waals surface area contributed by atoms with Gasteiger partial charge in [-0.1, -0.05) is 22.9 Å². The molecular weight excluding hydrogens is 317 g/mol. The van der Waals surface area contributed by atoms with Crippen LogP contribution in [0.4, 0.5) is 9.93 Å². The maximum Gasteiger partial charge on any atom is 1.00 e. The van der Waals surface area contributed by atoms with E-state index in [-0.39, 0.29) is 51.4 Å². The molecule has 0 aliphatic heterocycles. The number of aromatic nitrogens is 1. The Hall–Kier alpha value is -0.224. The van der Waals surface area contributed by atoms with Gasteiger partial charge in [0.15, 0.2) is 5.13 Å². The number of carboxylic acids is 1. The molecule has 1 heterocycles. The predicted molar refractivity (Wildman–Crippen MR) is 66.7 cm³/mol. The Morgan fingerprint density at radius 1 is 1.42 bits per heavy atom. The summed E-state index contributed by atoms with van der Waals surface area (Å²) in [6.07, 6.45) is 0. The second-order valence-electron chi connectivity index (χ2n) is 3.31. The molecule has 94 valence electrons. The van der Waals surface area contributed by atoms with E-state index in [2.05, 4.69) is 15.6 Å². The van der Waals surface area contributed by atoms with Gasteiger partial charge in [0.2, 0.25) is 0 Å². The Kier molecular flexibility index (Phi) is 6.67. The molecule has 0 unspecified atom stereocenters. The fraction of sp³-hybridized carbons (Fsp3) is 0.100. The summed E-state index contributed by atoms with van der Waals surface area (Å²) < 4.78 is 0.831. The topological polar surface area (TPSA) is 94.1 Å². The smallest absolute Gasteiger partial charge is 0.548 e. The van der Waals surface area contributed by atoms with Crippen LogP contribution in [-0.4, -0.2) is 23.5 Å². The number of nitrogens with one attached hydrogen (secondary N) is 2. The zero-order valence-electron chi connectivity index (χ0n) is 9.90. The minimum absolute atomic E-state index is 0. The number of nitrogens with zero attached hydrogens (tertiary/aromatic N) is 1. The van der Waals surface area contributed by atoms with Crippen molar-refractivity contribution in [2.75, 3.05) is 11.9 Å². The van der Waals surface area contributed by atoms with Crippen molar-refractivity contribution < 1.29 is 66.1 Å². The van der Waals surface area contributed by atoms with Crippen LogP contribution in [0, 0.1) is 0 Å². The quantitative estimate of drug-likeness (QED) is 0.628. The SMILES string of the molecule is O=C([O-])CNC(=O)Nc1nc2ccc(Cl)cc2s1.[K+]. The van der Waals surface area contributed by atoms with Crippen molar-refractivity contribution in [1.82, 2.24) is 10.3 Å². The standard InChI is InChI=1S/C10H8ClN3O3S.K/c11-5-1-2-6-7(3-5)18-10(13-6)14-9(17)12-4-8(15)16;/h1-3H,4H2,(H,15,16)(H2,12,13,14,17);/q;+1/p-1. The monoisotopic (exact) mass is 323 g/mol. The summed E-state index contributed by atoms with van der Waals surface area (Å²) in [6, 6.07) is 4.52. The second kappa shape index (κ2) is 7.53. The zero-order valence-corrected chi connectivity index (χ0v) is 14.6. The van der Waals surface area contributed by atoms with E-state index in [1.54, 1.807) is 18.2 Å². The molecule has 19 heavy (non-hydrogen) atoms. The van der Waals surface area contributed by atoms with Gasteiger partial charge in [-0.2, -0.15) is 0 Å². The summed E-state index contributed by atoms with van der Waals surface area (Å²) in [5, 5.41) is 15.6. The number of carbonyl (C=O) groups excluding carboxylic acids is 2. The molecule has 6 nitrogen and oxygen atoms in total. The van der Waals surface area contributed by atoms with Crippen molar-refractivity contribution in [3.05, 3.63) is 23.2 Å². The van der Waals surface area contributed by atoms with Crippen molar-refractivity contribution in [2.24, 2.45) is 0 Å². The summed E-state index contributed by atoms with van der Waals surface area (Å²) in [5.41, 5.74) is 0.708. The van der Waals surface area contributed by atoms with Gasteiger partial charge in [-0.3, -0.25) is 5.32 Å². The predicted octanol–water partition coefficient (Wildman–Crippen LogP) is -2.17. The number of thiazole rings is 1. The van der Waals surface area contributed by atoms with Crippen LogP contribution in [-0.2, 0) is 4.79 Å². The Bertz CT molecular complexity index is 619. The Morgan fingerprint density at radius 3 is 2.84 bits per heavy atom. The molecule has 0 saturated carbocycles. The molecule has 0 bridgehead atoms. The van der Waals surface area contributed by atoms with Crippen molar-refractivity contribution in [1.29, 1.82) is 0 Å². The first-order valence-electron chi connectivity index (χ1n) is 4.85.